The van der Waals surface area contributed by atoms with Crippen LogP contribution in [-0.2, 0) is 65.4 Å². The summed E-state index contributed by atoms with van der Waals surface area (Å²) in [6, 6.07) is 0. The summed E-state index contributed by atoms with van der Waals surface area (Å²) >= 11 is 0. The predicted octanol–water partition coefficient (Wildman–Crippen LogP) is 10.5. The predicted molar refractivity (Wildman–Crippen MR) is 243 cm³/mol. The molecule has 0 rings (SSSR count). The van der Waals surface area contributed by atoms with Gasteiger partial charge in [0.05, 0.1) is 52.4 Å². The summed E-state index contributed by atoms with van der Waals surface area (Å²) in [5.74, 6) is 0. The van der Waals surface area contributed by atoms with E-state index < -0.39 is 65.7 Å². The van der Waals surface area contributed by atoms with Crippen LogP contribution >= 0.6 is 7.82 Å². The average molecular weight is 941 g/mol. The molecule has 0 amide bonds. The molecule has 356 valence electrons. The van der Waals surface area contributed by atoms with Gasteiger partial charge >= 0.3 is 7.82 Å². The molecule has 3 atom stereocenters. The van der Waals surface area contributed by atoms with Crippen LogP contribution in [0.4, 0.5) is 0 Å². The summed E-state index contributed by atoms with van der Waals surface area (Å²) in [4.78, 5) is 33.0. The summed E-state index contributed by atoms with van der Waals surface area (Å²) < 4.78 is 65.7. The lowest BCUT2D eigenvalue weighted by molar-refractivity contribution is -0.390. The number of phosphoric ester groups is 1. The van der Waals surface area contributed by atoms with E-state index in [-0.39, 0.29) is 53.2 Å². The lowest BCUT2D eigenvalue weighted by Gasteiger charge is -2.36. The van der Waals surface area contributed by atoms with Crippen molar-refractivity contribution in [3.05, 3.63) is 0 Å². The molecule has 0 bridgehead atoms. The summed E-state index contributed by atoms with van der Waals surface area (Å²) in [6.45, 7) is 47.6. The van der Waals surface area contributed by atoms with Crippen LogP contribution in [-0.4, -0.2) is 122 Å². The van der Waals surface area contributed by atoms with E-state index in [1.54, 1.807) is 6.92 Å². The summed E-state index contributed by atoms with van der Waals surface area (Å²) in [5.41, 5.74) is 0. The molecule has 3 unspecified atom stereocenters. The smallest absolute Gasteiger partial charge is 0.414 e. The molecule has 0 aliphatic heterocycles. The minimum atomic E-state index is -4.64. The lowest BCUT2D eigenvalue weighted by Crippen LogP contribution is -2.43. The molecule has 1 N–H and O–H groups in total. The summed E-state index contributed by atoms with van der Waals surface area (Å²) in [5, 5.41) is 0.0282. The quantitative estimate of drug-likeness (QED) is 0.0181. The van der Waals surface area contributed by atoms with Crippen molar-refractivity contribution in [1.82, 2.24) is 0 Å². The molecule has 0 spiro atoms. The van der Waals surface area contributed by atoms with Crippen LogP contribution in [0.3, 0.4) is 0 Å². The maximum atomic E-state index is 13.0. The fourth-order valence-electron chi connectivity index (χ4n) is 3.50. The van der Waals surface area contributed by atoms with Gasteiger partial charge in [0, 0.05) is 0 Å². The summed E-state index contributed by atoms with van der Waals surface area (Å²) in [6.07, 6.45) is -3.49. The first-order valence-corrected chi connectivity index (χ1v) is 34.2. The minimum Gasteiger partial charge on any atom is -0.414 e. The van der Waals surface area contributed by atoms with Crippen molar-refractivity contribution in [2.75, 3.05) is 59.5 Å². The molecule has 15 nitrogen and oxygen atoms in total. The van der Waals surface area contributed by atoms with Crippen molar-refractivity contribution in [3.8, 4) is 0 Å². The molecule has 0 aliphatic rings. The zero-order valence-electron chi connectivity index (χ0n) is 41.3. The van der Waals surface area contributed by atoms with Gasteiger partial charge in [-0.15, -0.1) is 0 Å². The van der Waals surface area contributed by atoms with Crippen molar-refractivity contribution in [3.63, 3.8) is 0 Å². The zero-order chi connectivity index (χ0) is 46.4. The van der Waals surface area contributed by atoms with Gasteiger partial charge in [0.15, 0.2) is 22.9 Å². The molecule has 0 aromatic carbocycles. The van der Waals surface area contributed by atoms with Crippen molar-refractivity contribution < 1.29 is 70.3 Å². The van der Waals surface area contributed by atoms with Crippen LogP contribution in [0.2, 0.25) is 72.5 Å². The van der Waals surface area contributed by atoms with E-state index in [0.717, 1.165) is 0 Å². The van der Waals surface area contributed by atoms with Crippen LogP contribution in [0.25, 0.3) is 0 Å². The largest absolute Gasteiger partial charge is 0.474 e. The van der Waals surface area contributed by atoms with E-state index >= 15 is 0 Å². The monoisotopic (exact) mass is 941 g/mol. The zero-order valence-corrected chi connectivity index (χ0v) is 46.2. The van der Waals surface area contributed by atoms with Crippen LogP contribution < -0.4 is 0 Å². The van der Waals surface area contributed by atoms with Crippen LogP contribution in [0.15, 0.2) is 0 Å². The Morgan fingerprint density at radius 3 is 1.22 bits per heavy atom. The first-order chi connectivity index (χ1) is 26.4. The van der Waals surface area contributed by atoms with Gasteiger partial charge in [-0.2, -0.15) is 0 Å². The Bertz CT molecular complexity index is 1150. The Hall–Kier alpha value is 0.538. The van der Waals surface area contributed by atoms with Crippen molar-refractivity contribution in [2.45, 2.75) is 194 Å². The number of ether oxygens (including phenoxy) is 3. The van der Waals surface area contributed by atoms with E-state index in [0.29, 0.717) is 26.4 Å². The molecule has 0 saturated carbocycles. The molecular formula is C39H89O15PSi4. The van der Waals surface area contributed by atoms with Gasteiger partial charge in [-0.1, -0.05) is 83.1 Å². The van der Waals surface area contributed by atoms with E-state index in [9.17, 15) is 9.46 Å². The fourth-order valence-corrected chi connectivity index (χ4v) is 7.76. The minimum absolute atomic E-state index is 0.0392. The molecule has 0 fully saturated rings. The number of rotatable bonds is 30. The second-order valence-electron chi connectivity index (χ2n) is 21.5. The maximum Gasteiger partial charge on any atom is 0.474 e. The Kier molecular flexibility index (Phi) is 24.9. The molecule has 20 heteroatoms. The average Bonchev–Trinajstić information content (AvgIpc) is 3.02. The Morgan fingerprint density at radius 2 is 0.864 bits per heavy atom. The highest BCUT2D eigenvalue weighted by atomic mass is 31.2. The highest BCUT2D eigenvalue weighted by Crippen LogP contribution is 2.46. The van der Waals surface area contributed by atoms with Gasteiger partial charge in [0.2, 0.25) is 16.6 Å². The van der Waals surface area contributed by atoms with E-state index in [4.69, 9.17) is 60.8 Å². The Balaban J connectivity index is 5.36. The van der Waals surface area contributed by atoms with E-state index in [1.807, 2.05) is 0 Å². The van der Waals surface area contributed by atoms with Crippen LogP contribution in [0.5, 0.6) is 0 Å². The molecule has 0 radical (unpaired) electrons. The van der Waals surface area contributed by atoms with Gasteiger partial charge in [0.1, 0.15) is 25.4 Å². The Morgan fingerprint density at radius 1 is 0.492 bits per heavy atom. The molecule has 0 aliphatic carbocycles. The molecular weight excluding hydrogens is 852 g/mol. The molecule has 0 aromatic rings. The number of hydrogen-bond donors (Lipinski definition) is 1. The van der Waals surface area contributed by atoms with Gasteiger partial charge in [0.25, 0.3) is 0 Å². The van der Waals surface area contributed by atoms with Gasteiger partial charge in [-0.3, -0.25) is 18.2 Å². The first-order valence-electron chi connectivity index (χ1n) is 21.0. The molecule has 0 aromatic heterocycles. The lowest BCUT2D eigenvalue weighted by atomic mass is 10.2. The number of phosphoric acid groups is 1. The maximum absolute atomic E-state index is 13.0. The third-order valence-corrected chi connectivity index (χ3v) is 30.3. The van der Waals surface area contributed by atoms with Crippen LogP contribution in [0.1, 0.15) is 96.9 Å². The Labute approximate surface area is 363 Å². The van der Waals surface area contributed by atoms with Crippen molar-refractivity contribution >= 4 is 41.1 Å². The molecule has 0 saturated heterocycles. The van der Waals surface area contributed by atoms with E-state index in [2.05, 4.69) is 135 Å². The standard InChI is InChI=1S/C39H89O15PSi4/c1-32(27-44-34(30-45-53-58(19,20)38(9,10)11)31-46-54-59(21,22)39(12,13)14)51-55(40,41)52-33(2)49-50-35(28-42-23-25-47-56(15,16)36(3,4)5)29-43-24-26-48-57(17,18)37(6,7)8/h32-35H,23-31H2,1-22H3,(H,40,41). The second kappa shape index (κ2) is 24.7. The fraction of sp³-hybridized carbons (Fsp3) is 1.00. The normalized spacial score (nSPS) is 16.6. The topological polar surface area (TPSA) is 157 Å². The highest BCUT2D eigenvalue weighted by Gasteiger charge is 2.41. The SMILES string of the molecule is CC(COC(COO[Si](C)(C)C(C)(C)C)COO[Si](C)(C)C(C)(C)C)OP(=O)(O)OC(C)OOC(COCCO[Si](C)(C)C(C)(C)C)COCCO[Si](C)(C)C(C)(C)C. The summed E-state index contributed by atoms with van der Waals surface area (Å²) in [7, 11) is -12.9. The number of hydrogen-bond acceptors (Lipinski definition) is 14. The molecule has 0 heterocycles. The molecule has 59 heavy (non-hydrogen) atoms. The van der Waals surface area contributed by atoms with Gasteiger partial charge in [-0.25, -0.2) is 24.1 Å². The van der Waals surface area contributed by atoms with Gasteiger partial charge < -0.3 is 28.0 Å². The first kappa shape index (κ1) is 59.5. The van der Waals surface area contributed by atoms with Crippen molar-refractivity contribution in [2.24, 2.45) is 0 Å². The van der Waals surface area contributed by atoms with Gasteiger partial charge in [-0.05, 0) is 86.4 Å². The van der Waals surface area contributed by atoms with Crippen molar-refractivity contribution in [1.29, 1.82) is 0 Å². The third kappa shape index (κ3) is 23.9. The van der Waals surface area contributed by atoms with Crippen LogP contribution in [0, 0.1) is 0 Å². The second-order valence-corrected chi connectivity index (χ2v) is 41.8. The van der Waals surface area contributed by atoms with E-state index in [1.165, 1.54) is 6.92 Å². The third-order valence-electron chi connectivity index (χ3n) is 11.7. The highest BCUT2D eigenvalue weighted by molar-refractivity contribution is 7.47.